The average Bonchev–Trinajstić information content (AvgIpc) is 2.62. The molecule has 0 saturated heterocycles. The minimum atomic E-state index is -0.131. The number of para-hydroxylation sites is 1. The zero-order valence-corrected chi connectivity index (χ0v) is 13.9. The van der Waals surface area contributed by atoms with Crippen molar-refractivity contribution in [1.82, 2.24) is 10.4 Å². The Morgan fingerprint density at radius 2 is 1.88 bits per heavy atom. The van der Waals surface area contributed by atoms with Gasteiger partial charge in [0.25, 0.3) is 0 Å². The van der Waals surface area contributed by atoms with E-state index >= 15 is 0 Å². The molecule has 126 valence electrons. The van der Waals surface area contributed by atoms with Crippen LogP contribution in [-0.2, 0) is 9.53 Å². The molecule has 0 fully saturated rings. The number of nitriles is 1. The highest BCUT2D eigenvalue weighted by atomic mass is 16.5. The van der Waals surface area contributed by atoms with Crippen molar-refractivity contribution in [2.75, 3.05) is 14.2 Å². The lowest BCUT2D eigenvalue weighted by Crippen LogP contribution is -2.42. The number of nitrogens with zero attached hydrogens (tertiary/aromatic N) is 2. The van der Waals surface area contributed by atoms with Crippen molar-refractivity contribution >= 4 is 11.6 Å². The summed E-state index contributed by atoms with van der Waals surface area (Å²) in [5.74, 6) is 1.68. The van der Waals surface area contributed by atoms with Gasteiger partial charge in [-0.2, -0.15) is 5.26 Å². The molecular formula is C19H17N3O3. The molecule has 0 atom stereocenters. The first-order valence-electron chi connectivity index (χ1n) is 7.70. The molecule has 0 aliphatic carbocycles. The topological polar surface area (TPSA) is 74.6 Å². The van der Waals surface area contributed by atoms with Gasteiger partial charge in [0.1, 0.15) is 23.0 Å². The number of carbonyl (C=O) groups excluding carboxylic acids is 1. The molecule has 25 heavy (non-hydrogen) atoms. The summed E-state index contributed by atoms with van der Waals surface area (Å²) in [6.07, 6.45) is 0.168. The molecule has 1 amide bonds. The van der Waals surface area contributed by atoms with Crippen LogP contribution in [0.15, 0.2) is 54.3 Å². The number of ether oxygens (including phenoxy) is 2. The summed E-state index contributed by atoms with van der Waals surface area (Å²) in [5.41, 5.74) is 4.87. The zero-order chi connectivity index (χ0) is 17.8. The molecule has 0 aromatic heterocycles. The lowest BCUT2D eigenvalue weighted by Gasteiger charge is -2.30. The molecule has 6 nitrogen and oxygen atoms in total. The van der Waals surface area contributed by atoms with E-state index < -0.39 is 0 Å². The van der Waals surface area contributed by atoms with Gasteiger partial charge >= 0.3 is 0 Å². The predicted molar refractivity (Wildman–Crippen MR) is 92.1 cm³/mol. The molecule has 6 heteroatoms. The molecule has 0 spiro atoms. The SMILES string of the molecule is COC1=C(c2ccccc2Oc2ccc(C#N)cc2)N(C)NC(=O)C1. The molecule has 3 rings (SSSR count). The van der Waals surface area contributed by atoms with E-state index in [4.69, 9.17) is 14.7 Å². The third-order valence-corrected chi connectivity index (χ3v) is 3.81. The Hall–Kier alpha value is -3.46. The number of hydrogen-bond donors (Lipinski definition) is 1. The second kappa shape index (κ2) is 6.97. The van der Waals surface area contributed by atoms with Crippen molar-refractivity contribution < 1.29 is 14.3 Å². The Morgan fingerprint density at radius 3 is 2.56 bits per heavy atom. The Morgan fingerprint density at radius 1 is 1.16 bits per heavy atom. The second-order valence-corrected chi connectivity index (χ2v) is 5.48. The van der Waals surface area contributed by atoms with Crippen LogP contribution < -0.4 is 10.2 Å². The van der Waals surface area contributed by atoms with E-state index in [9.17, 15) is 4.79 Å². The number of methoxy groups -OCH3 is 1. The summed E-state index contributed by atoms with van der Waals surface area (Å²) in [5, 5.41) is 10.5. The third-order valence-electron chi connectivity index (χ3n) is 3.81. The van der Waals surface area contributed by atoms with Crippen LogP contribution in [0.5, 0.6) is 11.5 Å². The Balaban J connectivity index is 2.00. The lowest BCUT2D eigenvalue weighted by atomic mass is 10.1. The normalized spacial score (nSPS) is 14.0. The van der Waals surface area contributed by atoms with E-state index in [2.05, 4.69) is 11.5 Å². The maximum atomic E-state index is 11.7. The summed E-state index contributed by atoms with van der Waals surface area (Å²) in [6, 6.07) is 16.5. The quantitative estimate of drug-likeness (QED) is 0.929. The van der Waals surface area contributed by atoms with Gasteiger partial charge in [0.2, 0.25) is 5.91 Å². The van der Waals surface area contributed by atoms with Crippen LogP contribution >= 0.6 is 0 Å². The molecule has 1 aliphatic heterocycles. The molecule has 2 aromatic rings. The van der Waals surface area contributed by atoms with Crippen LogP contribution in [0, 0.1) is 11.3 Å². The van der Waals surface area contributed by atoms with Crippen LogP contribution in [0.2, 0.25) is 0 Å². The van der Waals surface area contributed by atoms with E-state index in [1.807, 2.05) is 24.3 Å². The smallest absolute Gasteiger partial charge is 0.246 e. The molecule has 0 bridgehead atoms. The summed E-state index contributed by atoms with van der Waals surface area (Å²) in [7, 11) is 3.30. The van der Waals surface area contributed by atoms with E-state index in [1.54, 1.807) is 43.4 Å². The van der Waals surface area contributed by atoms with Crippen LogP contribution in [-0.4, -0.2) is 25.1 Å². The van der Waals surface area contributed by atoms with Crippen molar-refractivity contribution in [2.45, 2.75) is 6.42 Å². The van der Waals surface area contributed by atoms with Gasteiger partial charge in [-0.15, -0.1) is 0 Å². The molecule has 0 unspecified atom stereocenters. The maximum absolute atomic E-state index is 11.7. The first-order valence-corrected chi connectivity index (χ1v) is 7.70. The van der Waals surface area contributed by atoms with Gasteiger partial charge in [-0.25, -0.2) is 0 Å². The average molecular weight is 335 g/mol. The number of rotatable bonds is 4. The van der Waals surface area contributed by atoms with Crippen LogP contribution in [0.1, 0.15) is 17.5 Å². The van der Waals surface area contributed by atoms with Gasteiger partial charge < -0.3 is 9.47 Å². The number of hydrogen-bond acceptors (Lipinski definition) is 5. The highest BCUT2D eigenvalue weighted by molar-refractivity contribution is 5.86. The van der Waals surface area contributed by atoms with E-state index in [-0.39, 0.29) is 12.3 Å². The second-order valence-electron chi connectivity index (χ2n) is 5.48. The predicted octanol–water partition coefficient (Wildman–Crippen LogP) is 3.03. The van der Waals surface area contributed by atoms with Crippen molar-refractivity contribution in [3.8, 4) is 17.6 Å². The summed E-state index contributed by atoms with van der Waals surface area (Å²) in [6.45, 7) is 0. The molecule has 1 aliphatic rings. The summed E-state index contributed by atoms with van der Waals surface area (Å²) in [4.78, 5) is 11.7. The van der Waals surface area contributed by atoms with Crippen LogP contribution in [0.3, 0.4) is 0 Å². The number of benzene rings is 2. The van der Waals surface area contributed by atoms with Gasteiger partial charge in [0.05, 0.1) is 25.2 Å². The summed E-state index contributed by atoms with van der Waals surface area (Å²) < 4.78 is 11.4. The Labute approximate surface area is 145 Å². The van der Waals surface area contributed by atoms with Gasteiger partial charge in [-0.05, 0) is 36.4 Å². The van der Waals surface area contributed by atoms with Crippen molar-refractivity contribution in [3.63, 3.8) is 0 Å². The molecule has 0 radical (unpaired) electrons. The van der Waals surface area contributed by atoms with Crippen molar-refractivity contribution in [2.24, 2.45) is 0 Å². The van der Waals surface area contributed by atoms with Gasteiger partial charge in [-0.3, -0.25) is 15.2 Å². The minimum absolute atomic E-state index is 0.131. The van der Waals surface area contributed by atoms with Crippen molar-refractivity contribution in [3.05, 3.63) is 65.4 Å². The third kappa shape index (κ3) is 3.40. The van der Waals surface area contributed by atoms with E-state index in [1.165, 1.54) is 0 Å². The molecule has 1 heterocycles. The number of nitrogens with one attached hydrogen (secondary N) is 1. The van der Waals surface area contributed by atoms with E-state index in [0.29, 0.717) is 22.8 Å². The van der Waals surface area contributed by atoms with Gasteiger partial charge in [0.15, 0.2) is 0 Å². The van der Waals surface area contributed by atoms with E-state index in [0.717, 1.165) is 11.3 Å². The zero-order valence-electron chi connectivity index (χ0n) is 13.9. The maximum Gasteiger partial charge on any atom is 0.246 e. The minimum Gasteiger partial charge on any atom is -0.498 e. The Bertz CT molecular complexity index is 866. The largest absolute Gasteiger partial charge is 0.498 e. The number of amides is 1. The number of carbonyl (C=O) groups is 1. The van der Waals surface area contributed by atoms with Crippen LogP contribution in [0.4, 0.5) is 0 Å². The monoisotopic (exact) mass is 335 g/mol. The fourth-order valence-electron chi connectivity index (χ4n) is 2.67. The van der Waals surface area contributed by atoms with Gasteiger partial charge in [0, 0.05) is 12.6 Å². The standard InChI is InChI=1S/C19H17N3O3/c1-22-19(17(24-2)11-18(23)21-22)15-5-3-4-6-16(15)25-14-9-7-13(12-20)8-10-14/h3-10H,11H2,1-2H3,(H,21,23). The summed E-state index contributed by atoms with van der Waals surface area (Å²) >= 11 is 0. The lowest BCUT2D eigenvalue weighted by molar-refractivity contribution is -0.125. The number of hydrazine groups is 1. The molecule has 0 saturated carbocycles. The van der Waals surface area contributed by atoms with Gasteiger partial charge in [-0.1, -0.05) is 12.1 Å². The first kappa shape index (κ1) is 16.4. The fraction of sp³-hybridized carbons (Fsp3) is 0.158. The Kier molecular flexibility index (Phi) is 4.57. The molecule has 2 aromatic carbocycles. The van der Waals surface area contributed by atoms with Crippen LogP contribution in [0.25, 0.3) is 5.70 Å². The highest BCUT2D eigenvalue weighted by Crippen LogP contribution is 2.35. The molecular weight excluding hydrogens is 318 g/mol. The van der Waals surface area contributed by atoms with Crippen molar-refractivity contribution in [1.29, 1.82) is 5.26 Å². The molecule has 1 N–H and O–H groups in total. The first-order chi connectivity index (χ1) is 12.1. The fourth-order valence-corrected chi connectivity index (χ4v) is 2.67. The highest BCUT2D eigenvalue weighted by Gasteiger charge is 2.26.